The van der Waals surface area contributed by atoms with Crippen molar-refractivity contribution in [2.45, 2.75) is 20.5 Å². The van der Waals surface area contributed by atoms with E-state index in [1.807, 2.05) is 41.9 Å². The Balaban J connectivity index is 1.42. The van der Waals surface area contributed by atoms with Gasteiger partial charge in [-0.3, -0.25) is 4.79 Å². The Labute approximate surface area is 197 Å². The van der Waals surface area contributed by atoms with Crippen LogP contribution >= 0.6 is 0 Å². The van der Waals surface area contributed by atoms with Gasteiger partial charge in [-0.15, -0.1) is 0 Å². The van der Waals surface area contributed by atoms with Crippen LogP contribution in [-0.4, -0.2) is 27.9 Å². The molecule has 1 amide bonds. The van der Waals surface area contributed by atoms with E-state index in [0.29, 0.717) is 23.6 Å². The van der Waals surface area contributed by atoms with Crippen molar-refractivity contribution in [2.24, 2.45) is 0 Å². The highest BCUT2D eigenvalue weighted by atomic mass is 16.5. The van der Waals surface area contributed by atoms with Crippen LogP contribution in [0.25, 0.3) is 11.7 Å². The van der Waals surface area contributed by atoms with Gasteiger partial charge in [-0.25, -0.2) is 9.78 Å². The highest BCUT2D eigenvalue weighted by molar-refractivity contribution is 6.06. The van der Waals surface area contributed by atoms with Gasteiger partial charge in [0.1, 0.15) is 18.0 Å². The Morgan fingerprint density at radius 3 is 2.62 bits per heavy atom. The first-order chi connectivity index (χ1) is 16.5. The number of benzene rings is 2. The summed E-state index contributed by atoms with van der Waals surface area (Å²) in [6.07, 6.45) is 6.89. The average molecular weight is 456 g/mol. The molecule has 4 rings (SSSR count). The fourth-order valence-corrected chi connectivity index (χ4v) is 3.44. The average Bonchev–Trinajstić information content (AvgIpc) is 3.27. The third-order valence-electron chi connectivity index (χ3n) is 5.10. The Morgan fingerprint density at radius 2 is 1.85 bits per heavy atom. The third-order valence-corrected chi connectivity index (χ3v) is 5.10. The van der Waals surface area contributed by atoms with Gasteiger partial charge in [0.25, 0.3) is 5.91 Å². The standard InChI is InChI=1S/C27H25N3O4/c1-3-33-25(31)15-12-20-10-13-21(14-11-20)29-27(32)23-8-4-5-9-24(23)34-18-22-17-30-16-6-7-19(2)26(30)28-22/h4-17H,3,18H2,1-2H3,(H,29,32). The third kappa shape index (κ3) is 5.50. The second kappa shape index (κ2) is 10.5. The number of esters is 1. The molecule has 0 spiro atoms. The van der Waals surface area contributed by atoms with Crippen molar-refractivity contribution in [1.29, 1.82) is 0 Å². The van der Waals surface area contributed by atoms with Crippen molar-refractivity contribution in [1.82, 2.24) is 9.38 Å². The second-order valence-corrected chi connectivity index (χ2v) is 7.60. The molecule has 1 N–H and O–H groups in total. The number of carbonyl (C=O) groups excluding carboxylic acids is 2. The van der Waals surface area contributed by atoms with Gasteiger partial charge in [-0.05, 0) is 61.4 Å². The smallest absolute Gasteiger partial charge is 0.330 e. The molecule has 7 heteroatoms. The Kier molecular flexibility index (Phi) is 7.03. The summed E-state index contributed by atoms with van der Waals surface area (Å²) < 4.78 is 12.8. The summed E-state index contributed by atoms with van der Waals surface area (Å²) in [4.78, 5) is 29.0. The molecular formula is C27H25N3O4. The predicted octanol–water partition coefficient (Wildman–Crippen LogP) is 5.05. The molecular weight excluding hydrogens is 430 g/mol. The van der Waals surface area contributed by atoms with Crippen molar-refractivity contribution in [3.8, 4) is 5.75 Å². The molecule has 0 atom stereocenters. The highest BCUT2D eigenvalue weighted by Crippen LogP contribution is 2.22. The number of aromatic nitrogens is 2. The maximum atomic E-state index is 12.9. The van der Waals surface area contributed by atoms with E-state index in [4.69, 9.17) is 9.47 Å². The molecule has 34 heavy (non-hydrogen) atoms. The Hall–Kier alpha value is -4.39. The van der Waals surface area contributed by atoms with Gasteiger partial charge < -0.3 is 19.2 Å². The summed E-state index contributed by atoms with van der Waals surface area (Å²) in [5, 5.41) is 2.88. The van der Waals surface area contributed by atoms with E-state index in [-0.39, 0.29) is 12.5 Å². The van der Waals surface area contributed by atoms with E-state index in [1.54, 1.807) is 55.5 Å². The minimum Gasteiger partial charge on any atom is -0.486 e. The lowest BCUT2D eigenvalue weighted by atomic mass is 10.1. The fraction of sp³-hybridized carbons (Fsp3) is 0.148. The Morgan fingerprint density at radius 1 is 1.06 bits per heavy atom. The van der Waals surface area contributed by atoms with Crippen LogP contribution in [0.5, 0.6) is 5.75 Å². The molecule has 7 nitrogen and oxygen atoms in total. The lowest BCUT2D eigenvalue weighted by Crippen LogP contribution is -2.13. The summed E-state index contributed by atoms with van der Waals surface area (Å²) in [6, 6.07) is 18.2. The number of carbonyl (C=O) groups is 2. The van der Waals surface area contributed by atoms with Gasteiger partial charge in [-0.1, -0.05) is 30.3 Å². The number of nitrogens with zero attached hydrogens (tertiary/aromatic N) is 2. The number of hydrogen-bond donors (Lipinski definition) is 1. The number of anilines is 1. The van der Waals surface area contributed by atoms with Gasteiger partial charge in [-0.2, -0.15) is 0 Å². The first-order valence-corrected chi connectivity index (χ1v) is 10.9. The van der Waals surface area contributed by atoms with Crippen LogP contribution in [0.4, 0.5) is 5.69 Å². The monoisotopic (exact) mass is 455 g/mol. The van der Waals surface area contributed by atoms with E-state index < -0.39 is 5.97 Å². The van der Waals surface area contributed by atoms with Crippen LogP contribution in [0.3, 0.4) is 0 Å². The Bertz CT molecular complexity index is 1340. The van der Waals surface area contributed by atoms with E-state index >= 15 is 0 Å². The molecule has 0 fully saturated rings. The molecule has 0 aliphatic rings. The summed E-state index contributed by atoms with van der Waals surface area (Å²) in [6.45, 7) is 4.34. The fourth-order valence-electron chi connectivity index (χ4n) is 3.44. The molecule has 0 saturated carbocycles. The number of rotatable bonds is 8. The summed E-state index contributed by atoms with van der Waals surface area (Å²) >= 11 is 0. The van der Waals surface area contributed by atoms with Crippen molar-refractivity contribution in [3.63, 3.8) is 0 Å². The second-order valence-electron chi connectivity index (χ2n) is 7.60. The number of amides is 1. The largest absolute Gasteiger partial charge is 0.486 e. The number of imidazole rings is 1. The quantitative estimate of drug-likeness (QED) is 0.297. The molecule has 2 aromatic heterocycles. The van der Waals surface area contributed by atoms with Crippen molar-refractivity contribution >= 4 is 29.3 Å². The summed E-state index contributed by atoms with van der Waals surface area (Å²) in [7, 11) is 0. The van der Waals surface area contributed by atoms with E-state index in [0.717, 1.165) is 22.5 Å². The van der Waals surface area contributed by atoms with Gasteiger partial charge in [0, 0.05) is 24.2 Å². The molecule has 0 aliphatic carbocycles. The maximum Gasteiger partial charge on any atom is 0.330 e. The van der Waals surface area contributed by atoms with Crippen LogP contribution in [0.15, 0.2) is 79.1 Å². The summed E-state index contributed by atoms with van der Waals surface area (Å²) in [5.41, 5.74) is 4.61. The lowest BCUT2D eigenvalue weighted by molar-refractivity contribution is -0.137. The zero-order valence-electron chi connectivity index (χ0n) is 19.0. The van der Waals surface area contributed by atoms with Gasteiger partial charge >= 0.3 is 5.97 Å². The van der Waals surface area contributed by atoms with Crippen molar-refractivity contribution in [3.05, 3.63) is 102 Å². The maximum absolute atomic E-state index is 12.9. The van der Waals surface area contributed by atoms with E-state index in [9.17, 15) is 9.59 Å². The molecule has 0 aliphatic heterocycles. The first kappa shape index (κ1) is 22.8. The molecule has 2 heterocycles. The zero-order chi connectivity index (χ0) is 23.9. The molecule has 172 valence electrons. The lowest BCUT2D eigenvalue weighted by Gasteiger charge is -2.11. The highest BCUT2D eigenvalue weighted by Gasteiger charge is 2.13. The van der Waals surface area contributed by atoms with Gasteiger partial charge in [0.15, 0.2) is 0 Å². The molecule has 4 aromatic rings. The van der Waals surface area contributed by atoms with Crippen molar-refractivity contribution in [2.75, 3.05) is 11.9 Å². The number of pyridine rings is 1. The van der Waals surface area contributed by atoms with Crippen LogP contribution in [-0.2, 0) is 16.1 Å². The topological polar surface area (TPSA) is 81.9 Å². The van der Waals surface area contributed by atoms with Crippen LogP contribution in [0.1, 0.15) is 34.1 Å². The first-order valence-electron chi connectivity index (χ1n) is 10.9. The van der Waals surface area contributed by atoms with E-state index in [2.05, 4.69) is 10.3 Å². The number of aryl methyl sites for hydroxylation is 1. The molecule has 0 saturated heterocycles. The van der Waals surface area contributed by atoms with Crippen LogP contribution < -0.4 is 10.1 Å². The molecule has 2 aromatic carbocycles. The predicted molar refractivity (Wildman–Crippen MR) is 131 cm³/mol. The molecule has 0 bridgehead atoms. The normalized spacial score (nSPS) is 11.0. The van der Waals surface area contributed by atoms with Crippen LogP contribution in [0.2, 0.25) is 0 Å². The number of ether oxygens (including phenoxy) is 2. The molecule has 0 unspecified atom stereocenters. The number of hydrogen-bond acceptors (Lipinski definition) is 5. The summed E-state index contributed by atoms with van der Waals surface area (Å²) in [5.74, 6) is -0.200. The minimum atomic E-state index is -0.393. The number of fused-ring (bicyclic) bond motifs is 1. The molecule has 0 radical (unpaired) electrons. The van der Waals surface area contributed by atoms with Crippen LogP contribution in [0, 0.1) is 6.92 Å². The van der Waals surface area contributed by atoms with E-state index in [1.165, 1.54) is 6.08 Å². The number of para-hydroxylation sites is 1. The van der Waals surface area contributed by atoms with Gasteiger partial charge in [0.05, 0.1) is 17.9 Å². The van der Waals surface area contributed by atoms with Gasteiger partial charge in [0.2, 0.25) is 0 Å². The minimum absolute atomic E-state index is 0.243. The zero-order valence-corrected chi connectivity index (χ0v) is 19.0. The SMILES string of the molecule is CCOC(=O)C=Cc1ccc(NC(=O)c2ccccc2OCc2cn3cccc(C)c3n2)cc1. The van der Waals surface area contributed by atoms with Crippen molar-refractivity contribution < 1.29 is 19.1 Å². The number of nitrogens with one attached hydrogen (secondary N) is 1.